The van der Waals surface area contributed by atoms with Gasteiger partial charge in [0, 0.05) is 12.2 Å². The van der Waals surface area contributed by atoms with E-state index in [0.29, 0.717) is 18.7 Å². The van der Waals surface area contributed by atoms with E-state index in [9.17, 15) is 4.79 Å². The van der Waals surface area contributed by atoms with Crippen LogP contribution in [0.5, 0.6) is 5.75 Å². The number of hydrogen-bond acceptors (Lipinski definition) is 3. The zero-order chi connectivity index (χ0) is 15.1. The molecule has 1 amide bonds. The SMILES string of the molecule is COc1ccc(CCNC(=O)Cc2ccccc2N)cc1. The third-order valence-electron chi connectivity index (χ3n) is 3.30. The number of benzene rings is 2. The van der Waals surface area contributed by atoms with Gasteiger partial charge in [0.05, 0.1) is 13.5 Å². The second-order valence-corrected chi connectivity index (χ2v) is 4.82. The highest BCUT2D eigenvalue weighted by Crippen LogP contribution is 2.12. The summed E-state index contributed by atoms with van der Waals surface area (Å²) >= 11 is 0. The van der Waals surface area contributed by atoms with Crippen LogP contribution in [0.3, 0.4) is 0 Å². The van der Waals surface area contributed by atoms with Crippen molar-refractivity contribution in [3.8, 4) is 5.75 Å². The van der Waals surface area contributed by atoms with E-state index in [1.165, 1.54) is 0 Å². The van der Waals surface area contributed by atoms with E-state index in [0.717, 1.165) is 23.3 Å². The van der Waals surface area contributed by atoms with Crippen molar-refractivity contribution in [1.82, 2.24) is 5.32 Å². The minimum atomic E-state index is -0.0126. The van der Waals surface area contributed by atoms with Crippen LogP contribution in [-0.4, -0.2) is 19.6 Å². The van der Waals surface area contributed by atoms with Crippen molar-refractivity contribution in [2.75, 3.05) is 19.4 Å². The number of methoxy groups -OCH3 is 1. The van der Waals surface area contributed by atoms with Gasteiger partial charge in [-0.05, 0) is 35.7 Å². The van der Waals surface area contributed by atoms with Crippen LogP contribution in [0.15, 0.2) is 48.5 Å². The average molecular weight is 284 g/mol. The highest BCUT2D eigenvalue weighted by Gasteiger charge is 2.05. The van der Waals surface area contributed by atoms with E-state index in [1.807, 2.05) is 42.5 Å². The number of para-hydroxylation sites is 1. The van der Waals surface area contributed by atoms with Gasteiger partial charge in [0.2, 0.25) is 5.91 Å². The van der Waals surface area contributed by atoms with Crippen molar-refractivity contribution in [3.63, 3.8) is 0 Å². The first-order valence-electron chi connectivity index (χ1n) is 6.92. The third-order valence-corrected chi connectivity index (χ3v) is 3.30. The lowest BCUT2D eigenvalue weighted by Crippen LogP contribution is -2.27. The molecule has 21 heavy (non-hydrogen) atoms. The minimum absolute atomic E-state index is 0.0126. The molecule has 0 aromatic heterocycles. The summed E-state index contributed by atoms with van der Waals surface area (Å²) in [5, 5.41) is 2.91. The normalized spacial score (nSPS) is 10.1. The first kappa shape index (κ1) is 14.9. The predicted octanol–water partition coefficient (Wildman–Crippen LogP) is 2.18. The summed E-state index contributed by atoms with van der Waals surface area (Å²) in [5.41, 5.74) is 8.50. The van der Waals surface area contributed by atoms with Crippen LogP contribution < -0.4 is 15.8 Å². The van der Waals surface area contributed by atoms with Gasteiger partial charge in [0.1, 0.15) is 5.75 Å². The van der Waals surface area contributed by atoms with Crippen LogP contribution in [0.2, 0.25) is 0 Å². The molecule has 0 unspecified atom stereocenters. The molecule has 2 rings (SSSR count). The molecule has 0 aliphatic heterocycles. The Kier molecular flexibility index (Phi) is 5.21. The van der Waals surface area contributed by atoms with E-state index in [4.69, 9.17) is 10.5 Å². The Bertz CT molecular complexity index is 594. The van der Waals surface area contributed by atoms with E-state index >= 15 is 0 Å². The molecule has 0 aliphatic carbocycles. The molecule has 0 radical (unpaired) electrons. The molecule has 0 saturated carbocycles. The van der Waals surface area contributed by atoms with Crippen LogP contribution in [0.25, 0.3) is 0 Å². The molecule has 4 heteroatoms. The minimum Gasteiger partial charge on any atom is -0.497 e. The summed E-state index contributed by atoms with van der Waals surface area (Å²) in [4.78, 5) is 11.9. The van der Waals surface area contributed by atoms with Crippen LogP contribution in [0.4, 0.5) is 5.69 Å². The van der Waals surface area contributed by atoms with Gasteiger partial charge in [-0.2, -0.15) is 0 Å². The number of nitrogens with one attached hydrogen (secondary N) is 1. The Morgan fingerprint density at radius 3 is 2.52 bits per heavy atom. The van der Waals surface area contributed by atoms with Gasteiger partial charge in [0.25, 0.3) is 0 Å². The Hall–Kier alpha value is -2.49. The van der Waals surface area contributed by atoms with Gasteiger partial charge in [-0.25, -0.2) is 0 Å². The second kappa shape index (κ2) is 7.33. The first-order valence-corrected chi connectivity index (χ1v) is 6.92. The predicted molar refractivity (Wildman–Crippen MR) is 84.3 cm³/mol. The van der Waals surface area contributed by atoms with Gasteiger partial charge in [-0.15, -0.1) is 0 Å². The summed E-state index contributed by atoms with van der Waals surface area (Å²) in [6.07, 6.45) is 1.11. The van der Waals surface area contributed by atoms with Gasteiger partial charge < -0.3 is 15.8 Å². The number of nitrogens with two attached hydrogens (primary N) is 1. The number of carbonyl (C=O) groups is 1. The molecule has 110 valence electrons. The van der Waals surface area contributed by atoms with Crippen molar-refractivity contribution in [1.29, 1.82) is 0 Å². The van der Waals surface area contributed by atoms with Crippen LogP contribution >= 0.6 is 0 Å². The number of amides is 1. The molecular weight excluding hydrogens is 264 g/mol. The van der Waals surface area contributed by atoms with E-state index in [-0.39, 0.29) is 5.91 Å². The van der Waals surface area contributed by atoms with E-state index < -0.39 is 0 Å². The van der Waals surface area contributed by atoms with Crippen LogP contribution in [-0.2, 0) is 17.6 Å². The maximum Gasteiger partial charge on any atom is 0.224 e. The third kappa shape index (κ3) is 4.53. The molecule has 0 aliphatic rings. The Morgan fingerprint density at radius 2 is 1.86 bits per heavy atom. The molecule has 2 aromatic rings. The van der Waals surface area contributed by atoms with Crippen LogP contribution in [0.1, 0.15) is 11.1 Å². The van der Waals surface area contributed by atoms with E-state index in [1.54, 1.807) is 13.2 Å². The lowest BCUT2D eigenvalue weighted by Gasteiger charge is -2.07. The maximum absolute atomic E-state index is 11.9. The largest absolute Gasteiger partial charge is 0.497 e. The summed E-state index contributed by atoms with van der Waals surface area (Å²) in [6, 6.07) is 15.3. The maximum atomic E-state index is 11.9. The smallest absolute Gasteiger partial charge is 0.224 e. The summed E-state index contributed by atoms with van der Waals surface area (Å²) in [6.45, 7) is 0.609. The van der Waals surface area contributed by atoms with Crippen molar-refractivity contribution < 1.29 is 9.53 Å². The lowest BCUT2D eigenvalue weighted by atomic mass is 10.1. The zero-order valence-corrected chi connectivity index (χ0v) is 12.1. The Morgan fingerprint density at radius 1 is 1.14 bits per heavy atom. The summed E-state index contributed by atoms with van der Waals surface area (Å²) in [7, 11) is 1.64. The highest BCUT2D eigenvalue weighted by atomic mass is 16.5. The van der Waals surface area contributed by atoms with Gasteiger partial charge in [-0.3, -0.25) is 4.79 Å². The second-order valence-electron chi connectivity index (χ2n) is 4.82. The molecule has 0 saturated heterocycles. The number of ether oxygens (including phenoxy) is 1. The fourth-order valence-electron chi connectivity index (χ4n) is 2.07. The van der Waals surface area contributed by atoms with Crippen molar-refractivity contribution in [2.24, 2.45) is 0 Å². The number of anilines is 1. The zero-order valence-electron chi connectivity index (χ0n) is 12.1. The fraction of sp³-hybridized carbons (Fsp3) is 0.235. The topological polar surface area (TPSA) is 64.3 Å². The standard InChI is InChI=1S/C17H20N2O2/c1-21-15-8-6-13(7-9-15)10-11-19-17(20)12-14-4-2-3-5-16(14)18/h2-9H,10-12,18H2,1H3,(H,19,20). The molecule has 2 aromatic carbocycles. The molecule has 3 N–H and O–H groups in total. The Balaban J connectivity index is 1.77. The molecule has 0 fully saturated rings. The number of rotatable bonds is 6. The lowest BCUT2D eigenvalue weighted by molar-refractivity contribution is -0.120. The summed E-state index contributed by atoms with van der Waals surface area (Å²) in [5.74, 6) is 0.823. The van der Waals surface area contributed by atoms with Gasteiger partial charge in [-0.1, -0.05) is 30.3 Å². The van der Waals surface area contributed by atoms with Crippen molar-refractivity contribution >= 4 is 11.6 Å². The first-order chi connectivity index (χ1) is 10.2. The summed E-state index contributed by atoms with van der Waals surface area (Å²) < 4.78 is 5.11. The highest BCUT2D eigenvalue weighted by molar-refractivity contribution is 5.80. The Labute approximate surface area is 124 Å². The van der Waals surface area contributed by atoms with Crippen LogP contribution in [0, 0.1) is 0 Å². The van der Waals surface area contributed by atoms with Gasteiger partial charge >= 0.3 is 0 Å². The monoisotopic (exact) mass is 284 g/mol. The molecule has 0 bridgehead atoms. The van der Waals surface area contributed by atoms with Gasteiger partial charge in [0.15, 0.2) is 0 Å². The molecule has 0 spiro atoms. The van der Waals surface area contributed by atoms with Crippen molar-refractivity contribution in [2.45, 2.75) is 12.8 Å². The molecule has 0 atom stereocenters. The number of carbonyl (C=O) groups excluding carboxylic acids is 1. The molecule has 0 heterocycles. The quantitative estimate of drug-likeness (QED) is 0.799. The van der Waals surface area contributed by atoms with Crippen molar-refractivity contribution in [3.05, 3.63) is 59.7 Å². The molecule has 4 nitrogen and oxygen atoms in total. The average Bonchev–Trinajstić information content (AvgIpc) is 2.50. The molecular formula is C17H20N2O2. The van der Waals surface area contributed by atoms with E-state index in [2.05, 4.69) is 5.32 Å². The number of nitrogen functional groups attached to an aromatic ring is 1. The number of hydrogen-bond donors (Lipinski definition) is 2. The fourth-order valence-corrected chi connectivity index (χ4v) is 2.07.